The smallest absolute Gasteiger partial charge is 0.261 e. The number of sulfonamides is 1. The van der Waals surface area contributed by atoms with E-state index in [2.05, 4.69) is 10.0 Å². The first-order valence-electron chi connectivity index (χ1n) is 11.1. The highest BCUT2D eigenvalue weighted by Gasteiger charge is 2.18. The standard InChI is InChI=1S/C27H26N2O5S2/c1-18(35-21-13-16-25(33-2)26(17-21)34-3)27(30)28-20-11-14-22(15-12-20)36(31,32)29-24-10-6-8-19-7-4-5-9-23(19)24/h4-18,29H,1-3H3,(H,28,30)/t18-/m0/s1. The average molecular weight is 523 g/mol. The number of benzene rings is 4. The van der Waals surface area contributed by atoms with E-state index in [1.165, 1.54) is 23.9 Å². The number of fused-ring (bicyclic) bond motifs is 1. The molecule has 1 amide bonds. The number of hydrogen-bond donors (Lipinski definition) is 2. The highest BCUT2D eigenvalue weighted by atomic mass is 32.2. The molecule has 0 radical (unpaired) electrons. The van der Waals surface area contributed by atoms with Gasteiger partial charge in [-0.05, 0) is 60.8 Å². The molecule has 0 aliphatic rings. The van der Waals surface area contributed by atoms with Crippen LogP contribution in [0.25, 0.3) is 10.8 Å². The Bertz CT molecular complexity index is 1480. The lowest BCUT2D eigenvalue weighted by atomic mass is 10.1. The van der Waals surface area contributed by atoms with E-state index in [1.807, 2.05) is 42.5 Å². The quantitative estimate of drug-likeness (QED) is 0.271. The summed E-state index contributed by atoms with van der Waals surface area (Å²) >= 11 is 1.38. The van der Waals surface area contributed by atoms with Crippen LogP contribution >= 0.6 is 11.8 Å². The summed E-state index contributed by atoms with van der Waals surface area (Å²) in [6.45, 7) is 1.80. The molecule has 0 spiro atoms. The fourth-order valence-corrected chi connectivity index (χ4v) is 5.60. The highest BCUT2D eigenvalue weighted by molar-refractivity contribution is 8.00. The van der Waals surface area contributed by atoms with Crippen molar-refractivity contribution in [2.75, 3.05) is 24.3 Å². The Kier molecular flexibility index (Phi) is 7.71. The van der Waals surface area contributed by atoms with Crippen LogP contribution < -0.4 is 19.5 Å². The molecule has 0 aliphatic carbocycles. The fourth-order valence-electron chi connectivity index (χ4n) is 3.63. The molecule has 36 heavy (non-hydrogen) atoms. The summed E-state index contributed by atoms with van der Waals surface area (Å²) < 4.78 is 39.2. The third-order valence-corrected chi connectivity index (χ3v) is 7.98. The van der Waals surface area contributed by atoms with Crippen LogP contribution in [0.1, 0.15) is 6.92 Å². The summed E-state index contributed by atoms with van der Waals surface area (Å²) in [5.41, 5.74) is 1.01. The lowest BCUT2D eigenvalue weighted by Gasteiger charge is -2.14. The molecule has 9 heteroatoms. The zero-order chi connectivity index (χ0) is 25.7. The third kappa shape index (κ3) is 5.75. The van der Waals surface area contributed by atoms with Crippen molar-refractivity contribution in [3.8, 4) is 11.5 Å². The van der Waals surface area contributed by atoms with Gasteiger partial charge in [0.2, 0.25) is 5.91 Å². The molecule has 4 rings (SSSR count). The van der Waals surface area contributed by atoms with Gasteiger partial charge in [0.1, 0.15) is 0 Å². The molecule has 0 aliphatic heterocycles. The molecule has 0 saturated heterocycles. The van der Waals surface area contributed by atoms with Crippen molar-refractivity contribution in [2.45, 2.75) is 22.0 Å². The van der Waals surface area contributed by atoms with Crippen LogP contribution in [-0.2, 0) is 14.8 Å². The van der Waals surface area contributed by atoms with Gasteiger partial charge >= 0.3 is 0 Å². The summed E-state index contributed by atoms with van der Waals surface area (Å²) in [6.07, 6.45) is 0. The third-order valence-electron chi connectivity index (χ3n) is 5.50. The van der Waals surface area contributed by atoms with E-state index in [4.69, 9.17) is 9.47 Å². The van der Waals surface area contributed by atoms with Gasteiger partial charge in [0, 0.05) is 16.0 Å². The number of hydrogen-bond acceptors (Lipinski definition) is 6. The Morgan fingerprint density at radius 1 is 0.861 bits per heavy atom. The van der Waals surface area contributed by atoms with Gasteiger partial charge in [-0.1, -0.05) is 36.4 Å². The van der Waals surface area contributed by atoms with Crippen molar-refractivity contribution in [1.29, 1.82) is 0 Å². The van der Waals surface area contributed by atoms with E-state index in [0.717, 1.165) is 15.7 Å². The van der Waals surface area contributed by atoms with Gasteiger partial charge in [0.05, 0.1) is 30.1 Å². The molecule has 0 bridgehead atoms. The fraction of sp³-hybridized carbons (Fsp3) is 0.148. The first-order chi connectivity index (χ1) is 17.3. The lowest BCUT2D eigenvalue weighted by Crippen LogP contribution is -2.22. The molecule has 4 aromatic carbocycles. The molecule has 7 nitrogen and oxygen atoms in total. The maximum Gasteiger partial charge on any atom is 0.261 e. The predicted octanol–water partition coefficient (Wildman–Crippen LogP) is 5.78. The van der Waals surface area contributed by atoms with Gasteiger partial charge < -0.3 is 14.8 Å². The molecule has 186 valence electrons. The number of carbonyl (C=O) groups excluding carboxylic acids is 1. The van der Waals surface area contributed by atoms with Crippen LogP contribution in [0, 0.1) is 0 Å². The molecular formula is C27H26N2O5S2. The molecule has 0 heterocycles. The Balaban J connectivity index is 1.42. The second-order valence-electron chi connectivity index (χ2n) is 7.92. The topological polar surface area (TPSA) is 93.7 Å². The number of anilines is 2. The van der Waals surface area contributed by atoms with E-state index in [0.29, 0.717) is 22.9 Å². The maximum atomic E-state index is 13.0. The van der Waals surface area contributed by atoms with Gasteiger partial charge in [-0.2, -0.15) is 0 Å². The van der Waals surface area contributed by atoms with Gasteiger partial charge in [-0.3, -0.25) is 9.52 Å². The Hall–Kier alpha value is -3.69. The predicted molar refractivity (Wildman–Crippen MR) is 145 cm³/mol. The summed E-state index contributed by atoms with van der Waals surface area (Å²) in [5, 5.41) is 4.19. The van der Waals surface area contributed by atoms with Crippen LogP contribution in [-0.4, -0.2) is 33.8 Å². The lowest BCUT2D eigenvalue weighted by molar-refractivity contribution is -0.115. The molecule has 2 N–H and O–H groups in total. The minimum atomic E-state index is -3.81. The van der Waals surface area contributed by atoms with Gasteiger partial charge in [0.15, 0.2) is 11.5 Å². The minimum absolute atomic E-state index is 0.0983. The second-order valence-corrected chi connectivity index (χ2v) is 11.0. The Morgan fingerprint density at radius 2 is 1.56 bits per heavy atom. The second kappa shape index (κ2) is 10.9. The average Bonchev–Trinajstić information content (AvgIpc) is 2.89. The molecule has 4 aromatic rings. The van der Waals surface area contributed by atoms with Crippen molar-refractivity contribution < 1.29 is 22.7 Å². The molecular weight excluding hydrogens is 496 g/mol. The first-order valence-corrected chi connectivity index (χ1v) is 13.5. The Morgan fingerprint density at radius 3 is 2.28 bits per heavy atom. The summed E-state index contributed by atoms with van der Waals surface area (Å²) in [5.74, 6) is 0.993. The van der Waals surface area contributed by atoms with E-state index in [-0.39, 0.29) is 10.8 Å². The summed E-state index contributed by atoms with van der Waals surface area (Å²) in [7, 11) is -0.683. The van der Waals surface area contributed by atoms with E-state index in [1.54, 1.807) is 51.5 Å². The number of thioether (sulfide) groups is 1. The maximum absolute atomic E-state index is 13.0. The van der Waals surface area contributed by atoms with Crippen molar-refractivity contribution in [1.82, 2.24) is 0 Å². The van der Waals surface area contributed by atoms with Gasteiger partial charge in [-0.25, -0.2) is 8.42 Å². The molecule has 0 unspecified atom stereocenters. The van der Waals surface area contributed by atoms with Crippen molar-refractivity contribution >= 4 is 49.8 Å². The SMILES string of the molecule is COc1ccc(S[C@@H](C)C(=O)Nc2ccc(S(=O)(=O)Nc3cccc4ccccc34)cc2)cc1OC. The van der Waals surface area contributed by atoms with E-state index in [9.17, 15) is 13.2 Å². The first kappa shape index (κ1) is 25.4. The Labute approximate surface area is 214 Å². The zero-order valence-electron chi connectivity index (χ0n) is 20.0. The molecule has 0 saturated carbocycles. The van der Waals surface area contributed by atoms with Crippen LogP contribution in [0.15, 0.2) is 94.7 Å². The zero-order valence-corrected chi connectivity index (χ0v) is 21.7. The number of carbonyl (C=O) groups is 1. The summed E-state index contributed by atoms with van der Waals surface area (Å²) in [4.78, 5) is 13.7. The van der Waals surface area contributed by atoms with E-state index < -0.39 is 15.3 Å². The van der Waals surface area contributed by atoms with Gasteiger partial charge in [0.25, 0.3) is 10.0 Å². The van der Waals surface area contributed by atoms with Crippen LogP contribution in [0.5, 0.6) is 11.5 Å². The molecule has 0 fully saturated rings. The summed E-state index contributed by atoms with van der Waals surface area (Å²) in [6, 6.07) is 24.6. The van der Waals surface area contributed by atoms with Crippen LogP contribution in [0.4, 0.5) is 11.4 Å². The molecule has 0 aromatic heterocycles. The van der Waals surface area contributed by atoms with Crippen molar-refractivity contribution in [2.24, 2.45) is 0 Å². The highest BCUT2D eigenvalue weighted by Crippen LogP contribution is 2.34. The van der Waals surface area contributed by atoms with Crippen LogP contribution in [0.3, 0.4) is 0 Å². The number of ether oxygens (including phenoxy) is 2. The number of amides is 1. The largest absolute Gasteiger partial charge is 0.493 e. The number of methoxy groups -OCH3 is 2. The van der Waals surface area contributed by atoms with Crippen molar-refractivity contribution in [3.63, 3.8) is 0 Å². The minimum Gasteiger partial charge on any atom is -0.493 e. The normalized spacial score (nSPS) is 12.1. The number of rotatable bonds is 9. The van der Waals surface area contributed by atoms with Crippen molar-refractivity contribution in [3.05, 3.63) is 84.9 Å². The van der Waals surface area contributed by atoms with Gasteiger partial charge in [-0.15, -0.1) is 11.8 Å². The molecule has 1 atom stereocenters. The van der Waals surface area contributed by atoms with E-state index >= 15 is 0 Å². The monoisotopic (exact) mass is 522 g/mol. The number of nitrogens with one attached hydrogen (secondary N) is 2. The van der Waals surface area contributed by atoms with Crippen LogP contribution in [0.2, 0.25) is 0 Å².